The Kier molecular flexibility index (Phi) is 9.59. The highest BCUT2D eigenvalue weighted by atomic mass is 31.3. The van der Waals surface area contributed by atoms with Gasteiger partial charge in [0, 0.05) is 0 Å². The number of nitrogens with zero attached hydrogens (tertiary/aromatic N) is 3. The quantitative estimate of drug-likeness (QED) is 0.297. The number of aryl methyl sites for hydroxylation is 1. The Morgan fingerprint density at radius 2 is 1.00 bits per heavy atom. The van der Waals surface area contributed by atoms with Crippen molar-refractivity contribution < 1.29 is 27.1 Å². The summed E-state index contributed by atoms with van der Waals surface area (Å²) in [5.74, 6) is 0.626. The number of hydrogen-bond acceptors (Lipinski definition) is 9. The highest BCUT2D eigenvalue weighted by Gasteiger charge is 2.43. The molecule has 29 heavy (non-hydrogen) atoms. The van der Waals surface area contributed by atoms with Crippen LogP contribution >= 0.6 is 23.0 Å². The van der Waals surface area contributed by atoms with E-state index in [2.05, 4.69) is 0 Å². The topological polar surface area (TPSA) is 92.5 Å². The fourth-order valence-electron chi connectivity index (χ4n) is 2.51. The second-order valence-corrected chi connectivity index (χ2v) is 12.2. The van der Waals surface area contributed by atoms with Gasteiger partial charge < -0.3 is 22.6 Å². The first-order valence-electron chi connectivity index (χ1n) is 9.81. The minimum Gasteiger partial charge on any atom is -0.422 e. The summed E-state index contributed by atoms with van der Waals surface area (Å²) in [6, 6.07) is 7.64. The van der Waals surface area contributed by atoms with Gasteiger partial charge in [-0.1, -0.05) is 18.2 Å². The van der Waals surface area contributed by atoms with Crippen LogP contribution in [0.2, 0.25) is 0 Å². The molecule has 1 heterocycles. The van der Waals surface area contributed by atoms with Crippen LogP contribution in [-0.4, -0.2) is 33.0 Å². The first-order valence-corrected chi connectivity index (χ1v) is 14.4. The lowest BCUT2D eigenvalue weighted by atomic mass is 10.2. The molecular weight excluding hydrogens is 435 g/mol. The molecule has 1 unspecified atom stereocenters. The molecule has 1 aromatic rings. The molecular formula is C17H32N3O6P3. The summed E-state index contributed by atoms with van der Waals surface area (Å²) >= 11 is 0. The highest BCUT2D eigenvalue weighted by Crippen LogP contribution is 2.80. The van der Waals surface area contributed by atoms with E-state index >= 15 is 0 Å². The normalized spacial score (nSPS) is 22.3. The smallest absolute Gasteiger partial charge is 0.402 e. The fourth-order valence-corrected chi connectivity index (χ4v) is 12.0. The van der Waals surface area contributed by atoms with Crippen molar-refractivity contribution >= 4 is 23.0 Å². The van der Waals surface area contributed by atoms with E-state index in [0.717, 1.165) is 5.56 Å². The van der Waals surface area contributed by atoms with Gasteiger partial charge in [0.2, 0.25) is 0 Å². The molecule has 0 amide bonds. The predicted molar refractivity (Wildman–Crippen MR) is 118 cm³/mol. The minimum absolute atomic E-state index is 0.336. The van der Waals surface area contributed by atoms with E-state index in [0.29, 0.717) is 38.8 Å². The number of hydrogen-bond donors (Lipinski definition) is 0. The van der Waals surface area contributed by atoms with Crippen molar-refractivity contribution in [1.82, 2.24) is 0 Å². The van der Waals surface area contributed by atoms with Gasteiger partial charge in [-0.25, -0.2) is 0 Å². The van der Waals surface area contributed by atoms with Crippen molar-refractivity contribution in [2.75, 3.05) is 33.0 Å². The Hall–Kier alpha value is -0.490. The van der Waals surface area contributed by atoms with Gasteiger partial charge >= 0.3 is 23.0 Å². The largest absolute Gasteiger partial charge is 0.422 e. The molecule has 0 aromatic heterocycles. The third kappa shape index (κ3) is 6.25. The standard InChI is InChI=1S/C17H32N3O6P3/c1-7-21-27(22-8-2)18-28(23-9-3,24-10-4)20-29(19-27,25-11-5)26-17-15-13-12-14-16(17)6/h12-15H,7-11H2,1-6H3. The second kappa shape index (κ2) is 11.2. The molecule has 1 aliphatic heterocycles. The molecule has 166 valence electrons. The van der Waals surface area contributed by atoms with Gasteiger partial charge in [-0.15, -0.1) is 13.5 Å². The Morgan fingerprint density at radius 3 is 1.45 bits per heavy atom. The van der Waals surface area contributed by atoms with E-state index in [9.17, 15) is 0 Å². The Morgan fingerprint density at radius 1 is 0.621 bits per heavy atom. The Balaban J connectivity index is 2.79. The van der Waals surface area contributed by atoms with Crippen LogP contribution in [0, 0.1) is 6.92 Å². The molecule has 1 aliphatic rings. The number of para-hydroxylation sites is 1. The van der Waals surface area contributed by atoms with Crippen LogP contribution in [0.1, 0.15) is 40.2 Å². The highest BCUT2D eigenvalue weighted by molar-refractivity contribution is 7.78. The van der Waals surface area contributed by atoms with Gasteiger partial charge in [-0.3, -0.25) is 4.52 Å². The van der Waals surface area contributed by atoms with E-state index in [1.165, 1.54) is 0 Å². The minimum atomic E-state index is -3.25. The van der Waals surface area contributed by atoms with Crippen LogP contribution in [0.4, 0.5) is 0 Å². The van der Waals surface area contributed by atoms with Crippen LogP contribution in [-0.2, 0) is 22.6 Å². The van der Waals surface area contributed by atoms with Crippen molar-refractivity contribution in [1.29, 1.82) is 0 Å². The van der Waals surface area contributed by atoms with Crippen LogP contribution in [0.15, 0.2) is 37.8 Å². The third-order valence-electron chi connectivity index (χ3n) is 3.48. The molecule has 0 fully saturated rings. The van der Waals surface area contributed by atoms with Gasteiger partial charge in [0.25, 0.3) is 0 Å². The Bertz CT molecular complexity index is 810. The first-order chi connectivity index (χ1) is 13.9. The van der Waals surface area contributed by atoms with E-state index in [-0.39, 0.29) is 0 Å². The summed E-state index contributed by atoms with van der Waals surface area (Å²) in [6.07, 6.45) is 0. The van der Waals surface area contributed by atoms with E-state index in [4.69, 9.17) is 40.7 Å². The van der Waals surface area contributed by atoms with Gasteiger partial charge in [0.05, 0.1) is 33.0 Å². The molecule has 1 aromatic carbocycles. The molecule has 2 rings (SSSR count). The lowest BCUT2D eigenvalue weighted by Crippen LogP contribution is -2.06. The van der Waals surface area contributed by atoms with Crippen LogP contribution in [0.3, 0.4) is 0 Å². The molecule has 0 N–H and O–H groups in total. The van der Waals surface area contributed by atoms with Crippen molar-refractivity contribution in [2.24, 2.45) is 13.5 Å². The van der Waals surface area contributed by atoms with Gasteiger partial charge in [0.1, 0.15) is 5.75 Å². The fraction of sp³-hybridized carbons (Fsp3) is 0.647. The SMILES string of the molecule is CCOP1(OCC)=NP(OCC)(OCC)=NP(OCC)(Oc2ccccc2C)=N1. The molecule has 0 saturated heterocycles. The van der Waals surface area contributed by atoms with Crippen LogP contribution < -0.4 is 4.52 Å². The van der Waals surface area contributed by atoms with E-state index in [1.54, 1.807) is 0 Å². The lowest BCUT2D eigenvalue weighted by molar-refractivity contribution is 0.243. The summed E-state index contributed by atoms with van der Waals surface area (Å²) in [5, 5.41) is 0. The van der Waals surface area contributed by atoms with Crippen molar-refractivity contribution in [3.05, 3.63) is 29.8 Å². The summed E-state index contributed by atoms with van der Waals surface area (Å²) in [6.45, 7) is 13.0. The molecule has 0 aliphatic carbocycles. The first kappa shape index (κ1) is 24.8. The van der Waals surface area contributed by atoms with Gasteiger partial charge in [-0.2, -0.15) is 0 Å². The van der Waals surface area contributed by atoms with Crippen LogP contribution in [0.25, 0.3) is 0 Å². The maximum Gasteiger partial charge on any atom is 0.402 e. The van der Waals surface area contributed by atoms with Crippen molar-refractivity contribution in [3.8, 4) is 5.75 Å². The Labute approximate surface area is 174 Å². The maximum atomic E-state index is 6.34. The second-order valence-electron chi connectivity index (χ2n) is 5.69. The monoisotopic (exact) mass is 467 g/mol. The lowest BCUT2D eigenvalue weighted by Gasteiger charge is -2.32. The summed E-state index contributed by atoms with van der Waals surface area (Å²) in [5.41, 5.74) is 0.938. The number of rotatable bonds is 12. The molecule has 1 atom stereocenters. The average Bonchev–Trinajstić information content (AvgIpc) is 2.64. The summed E-state index contributed by atoms with van der Waals surface area (Å²) in [7, 11) is -9.48. The zero-order valence-electron chi connectivity index (χ0n) is 18.0. The van der Waals surface area contributed by atoms with Crippen molar-refractivity contribution in [2.45, 2.75) is 41.5 Å². The summed E-state index contributed by atoms with van der Waals surface area (Å²) < 4.78 is 50.5. The summed E-state index contributed by atoms with van der Waals surface area (Å²) in [4.78, 5) is 0. The van der Waals surface area contributed by atoms with E-state index in [1.807, 2.05) is 65.8 Å². The average molecular weight is 467 g/mol. The third-order valence-corrected chi connectivity index (χ3v) is 12.3. The van der Waals surface area contributed by atoms with Gasteiger partial charge in [-0.05, 0) is 53.2 Å². The zero-order valence-corrected chi connectivity index (χ0v) is 20.7. The van der Waals surface area contributed by atoms with Crippen LogP contribution in [0.5, 0.6) is 5.75 Å². The number of benzene rings is 1. The zero-order chi connectivity index (χ0) is 21.4. The molecule has 12 heteroatoms. The van der Waals surface area contributed by atoms with E-state index < -0.39 is 23.0 Å². The van der Waals surface area contributed by atoms with Gasteiger partial charge in [0.15, 0.2) is 0 Å². The van der Waals surface area contributed by atoms with Crippen molar-refractivity contribution in [3.63, 3.8) is 0 Å². The molecule has 9 nitrogen and oxygen atoms in total. The molecule has 0 bridgehead atoms. The molecule has 0 saturated carbocycles. The predicted octanol–water partition coefficient (Wildman–Crippen LogP) is 7.41. The molecule has 0 spiro atoms. The molecule has 0 radical (unpaired) electrons. The maximum absolute atomic E-state index is 6.34.